The van der Waals surface area contributed by atoms with Gasteiger partial charge in [-0.15, -0.1) is 0 Å². The summed E-state index contributed by atoms with van der Waals surface area (Å²) in [7, 11) is 1.60. The number of hydrogen-bond donors (Lipinski definition) is 1. The molecular formula is C31H33ClN2O3. The van der Waals surface area contributed by atoms with Crippen LogP contribution in [0.4, 0.5) is 5.69 Å². The SMILES string of the molecule is CCCCCCC(=O)C(c1ccc(Cl)cc1)N(C(=O)Cc1c[nH]c2ccccc12)c1ccc(OC)cc1. The average molecular weight is 517 g/mol. The van der Waals surface area contributed by atoms with Gasteiger partial charge in [0.2, 0.25) is 5.91 Å². The summed E-state index contributed by atoms with van der Waals surface area (Å²) < 4.78 is 5.34. The van der Waals surface area contributed by atoms with Crippen molar-refractivity contribution < 1.29 is 14.3 Å². The van der Waals surface area contributed by atoms with Crippen LogP contribution in [0.5, 0.6) is 5.75 Å². The summed E-state index contributed by atoms with van der Waals surface area (Å²) in [5.41, 5.74) is 3.26. The smallest absolute Gasteiger partial charge is 0.232 e. The van der Waals surface area contributed by atoms with Gasteiger partial charge in [0.05, 0.1) is 13.5 Å². The van der Waals surface area contributed by atoms with Crippen LogP contribution in [0.2, 0.25) is 5.02 Å². The maximum absolute atomic E-state index is 14.1. The van der Waals surface area contributed by atoms with Gasteiger partial charge in [0, 0.05) is 34.2 Å². The molecule has 1 heterocycles. The van der Waals surface area contributed by atoms with E-state index in [1.807, 2.05) is 66.9 Å². The van der Waals surface area contributed by atoms with E-state index >= 15 is 0 Å². The minimum atomic E-state index is -0.759. The van der Waals surface area contributed by atoms with E-state index in [0.29, 0.717) is 22.9 Å². The molecule has 0 aliphatic heterocycles. The fourth-order valence-electron chi connectivity index (χ4n) is 4.69. The van der Waals surface area contributed by atoms with Crippen molar-refractivity contribution in [2.75, 3.05) is 12.0 Å². The second kappa shape index (κ2) is 12.6. The molecule has 1 unspecified atom stereocenters. The number of methoxy groups -OCH3 is 1. The Bertz CT molecular complexity index is 1330. The van der Waals surface area contributed by atoms with E-state index in [9.17, 15) is 9.59 Å². The molecule has 192 valence electrons. The number of Topliss-reactive ketones (excluding diaryl/α,β-unsaturated/α-hetero) is 1. The summed E-state index contributed by atoms with van der Waals surface area (Å²) in [6.07, 6.45) is 6.39. The van der Waals surface area contributed by atoms with Gasteiger partial charge in [0.1, 0.15) is 11.8 Å². The quantitative estimate of drug-likeness (QED) is 0.196. The maximum atomic E-state index is 14.1. The Morgan fingerprint density at radius 3 is 2.38 bits per heavy atom. The van der Waals surface area contributed by atoms with E-state index < -0.39 is 6.04 Å². The third kappa shape index (κ3) is 6.41. The highest BCUT2D eigenvalue weighted by Crippen LogP contribution is 2.33. The van der Waals surface area contributed by atoms with Crippen molar-refractivity contribution in [1.29, 1.82) is 0 Å². The van der Waals surface area contributed by atoms with E-state index in [1.165, 1.54) is 0 Å². The molecule has 0 fully saturated rings. The molecule has 1 amide bonds. The second-order valence-corrected chi connectivity index (χ2v) is 9.67. The summed E-state index contributed by atoms with van der Waals surface area (Å²) in [4.78, 5) is 32.8. The number of fused-ring (bicyclic) bond motifs is 1. The molecule has 0 aliphatic carbocycles. The van der Waals surface area contributed by atoms with Crippen molar-refractivity contribution in [2.24, 2.45) is 0 Å². The van der Waals surface area contributed by atoms with Crippen molar-refractivity contribution in [1.82, 2.24) is 4.98 Å². The fraction of sp³-hybridized carbons (Fsp3) is 0.290. The third-order valence-corrected chi connectivity index (χ3v) is 6.91. The Morgan fingerprint density at radius 2 is 1.68 bits per heavy atom. The molecule has 5 nitrogen and oxygen atoms in total. The number of amides is 1. The monoisotopic (exact) mass is 516 g/mol. The van der Waals surface area contributed by atoms with Gasteiger partial charge in [0.25, 0.3) is 0 Å². The van der Waals surface area contributed by atoms with Gasteiger partial charge in [-0.05, 0) is 60.0 Å². The molecule has 37 heavy (non-hydrogen) atoms. The Morgan fingerprint density at radius 1 is 0.946 bits per heavy atom. The fourth-order valence-corrected chi connectivity index (χ4v) is 4.82. The number of H-pyrrole nitrogens is 1. The van der Waals surface area contributed by atoms with Gasteiger partial charge in [0.15, 0.2) is 5.78 Å². The number of ether oxygens (including phenoxy) is 1. The number of aromatic amines is 1. The first kappa shape index (κ1) is 26.5. The minimum absolute atomic E-state index is 0.0153. The van der Waals surface area contributed by atoms with Crippen molar-refractivity contribution in [3.8, 4) is 5.75 Å². The first-order valence-corrected chi connectivity index (χ1v) is 13.2. The molecule has 1 atom stereocenters. The Kier molecular flexibility index (Phi) is 9.02. The van der Waals surface area contributed by atoms with Crippen LogP contribution in [-0.2, 0) is 16.0 Å². The Balaban J connectivity index is 1.74. The van der Waals surface area contributed by atoms with Crippen LogP contribution in [0.25, 0.3) is 10.9 Å². The molecule has 0 aliphatic rings. The standard InChI is InChI=1S/C31H33ClN2O3/c1-3-4-5-6-11-29(35)31(22-12-14-24(32)15-13-22)34(25-16-18-26(37-2)19-17-25)30(36)20-23-21-33-28-10-8-7-9-27(23)28/h7-10,12-19,21,31,33H,3-6,11,20H2,1-2H3. The Hall–Kier alpha value is -3.57. The largest absolute Gasteiger partial charge is 0.497 e. The molecular weight excluding hydrogens is 484 g/mol. The zero-order valence-corrected chi connectivity index (χ0v) is 22.1. The van der Waals surface area contributed by atoms with Gasteiger partial charge < -0.3 is 9.72 Å². The summed E-state index contributed by atoms with van der Waals surface area (Å²) >= 11 is 6.17. The number of hydrogen-bond acceptors (Lipinski definition) is 3. The maximum Gasteiger partial charge on any atom is 0.232 e. The van der Waals surface area contributed by atoms with Crippen molar-refractivity contribution in [3.05, 3.63) is 95.1 Å². The first-order valence-electron chi connectivity index (χ1n) is 12.8. The lowest BCUT2D eigenvalue weighted by Gasteiger charge is -2.32. The normalized spacial score (nSPS) is 11.9. The number of nitrogens with one attached hydrogen (secondary N) is 1. The molecule has 0 saturated carbocycles. The molecule has 6 heteroatoms. The second-order valence-electron chi connectivity index (χ2n) is 9.23. The van der Waals surface area contributed by atoms with E-state index in [0.717, 1.165) is 47.7 Å². The number of rotatable bonds is 12. The van der Waals surface area contributed by atoms with Gasteiger partial charge >= 0.3 is 0 Å². The number of aromatic nitrogens is 1. The molecule has 3 aromatic carbocycles. The Labute approximate surface area is 223 Å². The predicted molar refractivity (Wildman–Crippen MR) is 150 cm³/mol. The summed E-state index contributed by atoms with van der Waals surface area (Å²) in [6, 6.07) is 21.7. The number of ketones is 1. The van der Waals surface area contributed by atoms with E-state index in [2.05, 4.69) is 11.9 Å². The number of benzene rings is 3. The lowest BCUT2D eigenvalue weighted by molar-refractivity contribution is -0.125. The lowest BCUT2D eigenvalue weighted by atomic mass is 9.95. The summed E-state index contributed by atoms with van der Waals surface area (Å²) in [5.74, 6) is 0.542. The first-order chi connectivity index (χ1) is 18.0. The molecule has 4 aromatic rings. The molecule has 1 N–H and O–H groups in total. The molecule has 4 rings (SSSR count). The van der Waals surface area contributed by atoms with E-state index in [-0.39, 0.29) is 18.1 Å². The number of carbonyl (C=O) groups is 2. The summed E-state index contributed by atoms with van der Waals surface area (Å²) in [5, 5.41) is 1.58. The molecule has 0 bridgehead atoms. The van der Waals surface area contributed by atoms with E-state index in [4.69, 9.17) is 16.3 Å². The average Bonchev–Trinajstić information content (AvgIpc) is 3.33. The van der Waals surface area contributed by atoms with Crippen LogP contribution in [-0.4, -0.2) is 23.8 Å². The van der Waals surface area contributed by atoms with Crippen molar-refractivity contribution >= 4 is 39.9 Å². The predicted octanol–water partition coefficient (Wildman–Crippen LogP) is 7.69. The molecule has 0 radical (unpaired) electrons. The van der Waals surface area contributed by atoms with Gasteiger partial charge in [-0.1, -0.05) is 68.1 Å². The number of unbranched alkanes of at least 4 members (excludes halogenated alkanes) is 3. The van der Waals surface area contributed by atoms with Crippen molar-refractivity contribution in [2.45, 2.75) is 51.5 Å². The zero-order chi connectivity index (χ0) is 26.2. The molecule has 0 saturated heterocycles. The van der Waals surface area contributed by atoms with Gasteiger partial charge in [-0.2, -0.15) is 0 Å². The summed E-state index contributed by atoms with van der Waals surface area (Å²) in [6.45, 7) is 2.15. The number of carbonyl (C=O) groups excluding carboxylic acids is 2. The molecule has 0 spiro atoms. The lowest BCUT2D eigenvalue weighted by Crippen LogP contribution is -2.40. The van der Waals surface area contributed by atoms with Crippen molar-refractivity contribution in [3.63, 3.8) is 0 Å². The third-order valence-electron chi connectivity index (χ3n) is 6.66. The van der Waals surface area contributed by atoms with E-state index in [1.54, 1.807) is 24.1 Å². The van der Waals surface area contributed by atoms with Gasteiger partial charge in [-0.3, -0.25) is 14.5 Å². The van der Waals surface area contributed by atoms with Gasteiger partial charge in [-0.25, -0.2) is 0 Å². The highest BCUT2D eigenvalue weighted by Gasteiger charge is 2.32. The van der Waals surface area contributed by atoms with Crippen LogP contribution >= 0.6 is 11.6 Å². The highest BCUT2D eigenvalue weighted by atomic mass is 35.5. The van der Waals surface area contributed by atoms with Crippen LogP contribution in [0.3, 0.4) is 0 Å². The zero-order valence-electron chi connectivity index (χ0n) is 21.4. The topological polar surface area (TPSA) is 62.4 Å². The van der Waals surface area contributed by atoms with Crippen LogP contribution in [0.1, 0.15) is 56.2 Å². The minimum Gasteiger partial charge on any atom is -0.497 e. The number of para-hydroxylation sites is 1. The molecule has 1 aromatic heterocycles. The van der Waals surface area contributed by atoms with Crippen LogP contribution in [0, 0.1) is 0 Å². The number of nitrogens with zero attached hydrogens (tertiary/aromatic N) is 1. The van der Waals surface area contributed by atoms with Crippen LogP contribution < -0.4 is 9.64 Å². The number of anilines is 1. The van der Waals surface area contributed by atoms with Crippen LogP contribution in [0.15, 0.2) is 79.0 Å². The highest BCUT2D eigenvalue weighted by molar-refractivity contribution is 6.30. The number of halogens is 1.